The van der Waals surface area contributed by atoms with E-state index in [1.165, 1.54) is 19.2 Å². The van der Waals surface area contributed by atoms with Crippen LogP contribution in [0.5, 0.6) is 11.5 Å². The van der Waals surface area contributed by atoms with Gasteiger partial charge in [-0.15, -0.1) is 0 Å². The van der Waals surface area contributed by atoms with Crippen molar-refractivity contribution in [3.8, 4) is 11.5 Å². The number of rotatable bonds is 5. The van der Waals surface area contributed by atoms with E-state index >= 15 is 0 Å². The predicted octanol–water partition coefficient (Wildman–Crippen LogP) is 3.06. The summed E-state index contributed by atoms with van der Waals surface area (Å²) in [5.41, 5.74) is 0.600. The number of anilines is 1. The maximum atomic E-state index is 13.5. The SMILES string of the molecule is COc1ccc(CNc2ccc([N+](=O)[O-])c(F)c2)cc1O. The Labute approximate surface area is 119 Å². The van der Waals surface area contributed by atoms with Crippen molar-refractivity contribution in [1.82, 2.24) is 0 Å². The average molecular weight is 292 g/mol. The number of aromatic hydroxyl groups is 1. The van der Waals surface area contributed by atoms with Crippen molar-refractivity contribution in [2.75, 3.05) is 12.4 Å². The molecule has 0 amide bonds. The minimum atomic E-state index is -0.900. The largest absolute Gasteiger partial charge is 0.504 e. The molecule has 2 N–H and O–H groups in total. The molecule has 0 atom stereocenters. The van der Waals surface area contributed by atoms with Crippen LogP contribution in [0.4, 0.5) is 15.8 Å². The highest BCUT2D eigenvalue weighted by molar-refractivity contribution is 5.50. The number of halogens is 1. The van der Waals surface area contributed by atoms with E-state index in [1.807, 2.05) is 0 Å². The van der Waals surface area contributed by atoms with Crippen LogP contribution in [-0.4, -0.2) is 17.1 Å². The second-order valence-electron chi connectivity index (χ2n) is 4.28. The molecule has 2 aromatic carbocycles. The molecule has 2 aromatic rings. The number of methoxy groups -OCH3 is 1. The molecule has 0 bridgehead atoms. The van der Waals surface area contributed by atoms with E-state index in [0.717, 1.165) is 17.7 Å². The molecule has 110 valence electrons. The molecule has 0 heterocycles. The Hall–Kier alpha value is -2.83. The van der Waals surface area contributed by atoms with Crippen LogP contribution in [0.25, 0.3) is 0 Å². The summed E-state index contributed by atoms with van der Waals surface area (Å²) in [6.45, 7) is 0.328. The number of phenols is 1. The fourth-order valence-electron chi connectivity index (χ4n) is 1.81. The number of nitrogens with zero attached hydrogens (tertiary/aromatic N) is 1. The topological polar surface area (TPSA) is 84.6 Å². The van der Waals surface area contributed by atoms with Crippen LogP contribution in [0.15, 0.2) is 36.4 Å². The molecule has 0 spiro atoms. The second-order valence-corrected chi connectivity index (χ2v) is 4.28. The number of nitrogens with one attached hydrogen (secondary N) is 1. The average Bonchev–Trinajstić information content (AvgIpc) is 2.45. The minimum absolute atomic E-state index is 0.00619. The molecule has 0 fully saturated rings. The summed E-state index contributed by atoms with van der Waals surface area (Å²) in [6.07, 6.45) is 0. The number of hydrogen-bond acceptors (Lipinski definition) is 5. The summed E-state index contributed by atoms with van der Waals surface area (Å²) in [4.78, 5) is 9.74. The molecule has 0 saturated carbocycles. The van der Waals surface area contributed by atoms with E-state index in [-0.39, 0.29) is 5.75 Å². The summed E-state index contributed by atoms with van der Waals surface area (Å²) >= 11 is 0. The second kappa shape index (κ2) is 6.08. The summed E-state index contributed by atoms with van der Waals surface area (Å²) in [5.74, 6) is -0.533. The first-order valence-electron chi connectivity index (χ1n) is 6.05. The van der Waals surface area contributed by atoms with Gasteiger partial charge in [-0.3, -0.25) is 10.1 Å². The van der Waals surface area contributed by atoms with Crippen LogP contribution in [0, 0.1) is 15.9 Å². The molecular formula is C14H13FN2O4. The molecule has 0 aliphatic carbocycles. The van der Waals surface area contributed by atoms with Crippen LogP contribution < -0.4 is 10.1 Å². The number of hydrogen-bond donors (Lipinski definition) is 2. The Kier molecular flexibility index (Phi) is 4.22. The van der Waals surface area contributed by atoms with Crippen LogP contribution in [0.2, 0.25) is 0 Å². The first kappa shape index (κ1) is 14.6. The molecule has 2 rings (SSSR count). The lowest BCUT2D eigenvalue weighted by atomic mass is 10.2. The van der Waals surface area contributed by atoms with Crippen molar-refractivity contribution >= 4 is 11.4 Å². The normalized spacial score (nSPS) is 10.2. The first-order valence-corrected chi connectivity index (χ1v) is 6.05. The van der Waals surface area contributed by atoms with Gasteiger partial charge in [0.15, 0.2) is 11.5 Å². The van der Waals surface area contributed by atoms with Gasteiger partial charge in [-0.1, -0.05) is 6.07 Å². The zero-order chi connectivity index (χ0) is 15.4. The van der Waals surface area contributed by atoms with Gasteiger partial charge in [0.25, 0.3) is 0 Å². The molecule has 0 radical (unpaired) electrons. The first-order chi connectivity index (χ1) is 10.0. The summed E-state index contributed by atoms with van der Waals surface area (Å²) in [6, 6.07) is 8.46. The Morgan fingerprint density at radius 1 is 1.33 bits per heavy atom. The van der Waals surface area contributed by atoms with Gasteiger partial charge in [-0.2, -0.15) is 4.39 Å². The zero-order valence-electron chi connectivity index (χ0n) is 11.2. The summed E-state index contributed by atoms with van der Waals surface area (Å²) < 4.78 is 18.4. The van der Waals surface area contributed by atoms with Crippen LogP contribution in [-0.2, 0) is 6.54 Å². The van der Waals surface area contributed by atoms with E-state index in [9.17, 15) is 19.6 Å². The molecule has 0 aliphatic heterocycles. The molecule has 6 nitrogen and oxygen atoms in total. The van der Waals surface area contributed by atoms with Crippen molar-refractivity contribution < 1.29 is 19.2 Å². The third-order valence-electron chi connectivity index (χ3n) is 2.88. The van der Waals surface area contributed by atoms with Gasteiger partial charge >= 0.3 is 5.69 Å². The lowest BCUT2D eigenvalue weighted by molar-refractivity contribution is -0.387. The third-order valence-corrected chi connectivity index (χ3v) is 2.88. The Bertz CT molecular complexity index is 676. The van der Waals surface area contributed by atoms with Crippen molar-refractivity contribution in [2.24, 2.45) is 0 Å². The molecule has 7 heteroatoms. The van der Waals surface area contributed by atoms with Gasteiger partial charge in [0.1, 0.15) is 0 Å². The Morgan fingerprint density at radius 3 is 2.67 bits per heavy atom. The van der Waals surface area contributed by atoms with Crippen LogP contribution in [0.1, 0.15) is 5.56 Å². The molecule has 0 aliphatic rings. The van der Waals surface area contributed by atoms with Gasteiger partial charge in [-0.25, -0.2) is 0 Å². The number of nitro benzene ring substituents is 1. The van der Waals surface area contributed by atoms with Crippen molar-refractivity contribution in [2.45, 2.75) is 6.54 Å². The molecule has 0 saturated heterocycles. The number of nitro groups is 1. The summed E-state index contributed by atoms with van der Waals surface area (Å²) in [7, 11) is 1.45. The van der Waals surface area contributed by atoms with Crippen LogP contribution >= 0.6 is 0 Å². The maximum Gasteiger partial charge on any atom is 0.304 e. The van der Waals surface area contributed by atoms with Gasteiger partial charge in [0.2, 0.25) is 5.82 Å². The van der Waals surface area contributed by atoms with E-state index in [2.05, 4.69) is 5.32 Å². The monoisotopic (exact) mass is 292 g/mol. The standard InChI is InChI=1S/C14H13FN2O4/c1-21-14-5-2-9(6-13(14)18)8-16-10-3-4-12(17(19)20)11(15)7-10/h2-7,16,18H,8H2,1H3. The van der Waals surface area contributed by atoms with Gasteiger partial charge in [-0.05, 0) is 23.8 Å². The number of benzene rings is 2. The Balaban J connectivity index is 2.08. The predicted molar refractivity (Wildman–Crippen MR) is 75.0 cm³/mol. The highest BCUT2D eigenvalue weighted by Crippen LogP contribution is 2.27. The van der Waals surface area contributed by atoms with E-state index in [4.69, 9.17) is 4.74 Å². The molecule has 0 aromatic heterocycles. The summed E-state index contributed by atoms with van der Waals surface area (Å²) in [5, 5.41) is 23.1. The van der Waals surface area contributed by atoms with E-state index < -0.39 is 16.4 Å². The van der Waals surface area contributed by atoms with Crippen LogP contribution in [0.3, 0.4) is 0 Å². The van der Waals surface area contributed by atoms with Gasteiger partial charge < -0.3 is 15.2 Å². The maximum absolute atomic E-state index is 13.5. The lowest BCUT2D eigenvalue weighted by Crippen LogP contribution is -2.01. The highest BCUT2D eigenvalue weighted by atomic mass is 19.1. The van der Waals surface area contributed by atoms with E-state index in [0.29, 0.717) is 18.0 Å². The number of ether oxygens (including phenoxy) is 1. The smallest absolute Gasteiger partial charge is 0.304 e. The number of phenolic OH excluding ortho intramolecular Hbond substituents is 1. The van der Waals surface area contributed by atoms with Gasteiger partial charge in [0.05, 0.1) is 12.0 Å². The lowest BCUT2D eigenvalue weighted by Gasteiger charge is -2.09. The van der Waals surface area contributed by atoms with Crippen molar-refractivity contribution in [3.63, 3.8) is 0 Å². The highest BCUT2D eigenvalue weighted by Gasteiger charge is 2.13. The Morgan fingerprint density at radius 2 is 2.10 bits per heavy atom. The fraction of sp³-hybridized carbons (Fsp3) is 0.143. The van der Waals surface area contributed by atoms with Crippen molar-refractivity contribution in [1.29, 1.82) is 0 Å². The van der Waals surface area contributed by atoms with E-state index in [1.54, 1.807) is 12.1 Å². The molecular weight excluding hydrogens is 279 g/mol. The molecule has 0 unspecified atom stereocenters. The minimum Gasteiger partial charge on any atom is -0.504 e. The fourth-order valence-corrected chi connectivity index (χ4v) is 1.81. The quantitative estimate of drug-likeness (QED) is 0.653. The zero-order valence-corrected chi connectivity index (χ0v) is 11.2. The third kappa shape index (κ3) is 3.38. The van der Waals surface area contributed by atoms with Crippen molar-refractivity contribution in [3.05, 3.63) is 57.9 Å². The van der Waals surface area contributed by atoms with Gasteiger partial charge in [0, 0.05) is 24.4 Å². The molecule has 21 heavy (non-hydrogen) atoms.